The number of aromatic hydroxyl groups is 2. The number of nitrogens with zero attached hydrogens (tertiary/aromatic N) is 1. The molecule has 0 radical (unpaired) electrons. The van der Waals surface area contributed by atoms with Crippen LogP contribution in [0.15, 0.2) is 54.1 Å². The molecule has 0 aromatic heterocycles. The summed E-state index contributed by atoms with van der Waals surface area (Å²) in [5.74, 6) is 0.387. The fourth-order valence-electron chi connectivity index (χ4n) is 3.02. The third-order valence-electron chi connectivity index (χ3n) is 7.72. The second-order valence-corrected chi connectivity index (χ2v) is 22.4. The molecular weight excluding hydrogens is 537 g/mol. The summed E-state index contributed by atoms with van der Waals surface area (Å²) in [6.45, 7) is 22.1. The zero-order valence-corrected chi connectivity index (χ0v) is 27.5. The standard InChI is InChI=1S/C31H44N2O5Si2/c1-30(2,3)39(7,8)37-27-17-15-22(19-28(27)38-40(9,10)31(4,5)6)12-11-13-24(20-32)29(36)33-21-23-14-16-25(34)26(35)18-23/h11-19,34-35H,21H2,1-10H3,(H,33,36). The van der Waals surface area contributed by atoms with Gasteiger partial charge >= 0.3 is 0 Å². The van der Waals surface area contributed by atoms with Gasteiger partial charge in [0.25, 0.3) is 22.5 Å². The van der Waals surface area contributed by atoms with E-state index >= 15 is 0 Å². The maximum absolute atomic E-state index is 12.5. The molecule has 0 spiro atoms. The van der Waals surface area contributed by atoms with Gasteiger partial charge in [0.05, 0.1) is 0 Å². The van der Waals surface area contributed by atoms with E-state index in [1.54, 1.807) is 12.1 Å². The summed E-state index contributed by atoms with van der Waals surface area (Å²) in [5.41, 5.74) is 1.38. The van der Waals surface area contributed by atoms with E-state index in [9.17, 15) is 20.3 Å². The molecular formula is C31H44N2O5Si2. The number of phenols is 2. The molecule has 216 valence electrons. The molecule has 0 aliphatic carbocycles. The molecule has 2 rings (SSSR count). The summed E-state index contributed by atoms with van der Waals surface area (Å²) in [4.78, 5) is 12.5. The third-order valence-corrected chi connectivity index (χ3v) is 16.4. The Balaban J connectivity index is 2.30. The van der Waals surface area contributed by atoms with Gasteiger partial charge in [-0.3, -0.25) is 4.79 Å². The fourth-order valence-corrected chi connectivity index (χ4v) is 5.06. The lowest BCUT2D eigenvalue weighted by Crippen LogP contribution is -2.45. The molecule has 0 aliphatic rings. The first kappa shape index (κ1) is 32.7. The van der Waals surface area contributed by atoms with Gasteiger partial charge in [-0.15, -0.1) is 0 Å². The Morgan fingerprint density at radius 2 is 1.48 bits per heavy atom. The first-order valence-electron chi connectivity index (χ1n) is 13.4. The fraction of sp³-hybridized carbons (Fsp3) is 0.419. The molecule has 9 heteroatoms. The monoisotopic (exact) mass is 580 g/mol. The average molecular weight is 581 g/mol. The molecule has 0 heterocycles. The van der Waals surface area contributed by atoms with Crippen molar-refractivity contribution in [2.24, 2.45) is 0 Å². The van der Waals surface area contributed by atoms with Crippen LogP contribution in [0.1, 0.15) is 52.7 Å². The largest absolute Gasteiger partial charge is 0.541 e. The molecule has 2 aromatic carbocycles. The number of nitriles is 1. The van der Waals surface area contributed by atoms with Crippen LogP contribution in [0.3, 0.4) is 0 Å². The number of benzene rings is 2. The van der Waals surface area contributed by atoms with E-state index in [0.717, 1.165) is 11.3 Å². The number of amides is 1. The molecule has 7 nitrogen and oxygen atoms in total. The maximum atomic E-state index is 12.5. The lowest BCUT2D eigenvalue weighted by molar-refractivity contribution is -0.117. The lowest BCUT2D eigenvalue weighted by atomic mass is 10.1. The number of allylic oxidation sites excluding steroid dienone is 2. The smallest absolute Gasteiger partial charge is 0.262 e. The Kier molecular flexibility index (Phi) is 10.1. The summed E-state index contributed by atoms with van der Waals surface area (Å²) in [7, 11) is -4.27. The second kappa shape index (κ2) is 12.4. The van der Waals surface area contributed by atoms with Gasteiger partial charge in [0, 0.05) is 6.54 Å². The van der Waals surface area contributed by atoms with E-state index < -0.39 is 22.5 Å². The summed E-state index contributed by atoms with van der Waals surface area (Å²) in [6, 6.07) is 12.0. The lowest BCUT2D eigenvalue weighted by Gasteiger charge is -2.39. The topological polar surface area (TPSA) is 112 Å². The molecule has 40 heavy (non-hydrogen) atoms. The number of carbonyl (C=O) groups excluding carboxylic acids is 1. The molecule has 0 atom stereocenters. The van der Waals surface area contributed by atoms with Crippen molar-refractivity contribution in [1.82, 2.24) is 5.32 Å². The number of nitrogens with one attached hydrogen (secondary N) is 1. The van der Waals surface area contributed by atoms with Crippen molar-refractivity contribution in [2.45, 2.75) is 84.4 Å². The number of hydrogen-bond donors (Lipinski definition) is 3. The van der Waals surface area contributed by atoms with Gasteiger partial charge in [-0.2, -0.15) is 5.26 Å². The summed E-state index contributed by atoms with van der Waals surface area (Å²) in [6.07, 6.45) is 4.93. The minimum atomic E-state index is -2.16. The van der Waals surface area contributed by atoms with Crippen LogP contribution < -0.4 is 14.2 Å². The molecule has 0 aliphatic heterocycles. The van der Waals surface area contributed by atoms with Crippen molar-refractivity contribution in [2.75, 3.05) is 0 Å². The molecule has 0 bridgehead atoms. The van der Waals surface area contributed by atoms with Crippen LogP contribution >= 0.6 is 0 Å². The van der Waals surface area contributed by atoms with Gasteiger partial charge in [0.15, 0.2) is 11.5 Å². The zero-order chi connectivity index (χ0) is 30.5. The van der Waals surface area contributed by atoms with E-state index in [2.05, 4.69) is 73.0 Å². The number of rotatable bonds is 9. The third kappa shape index (κ3) is 8.50. The highest BCUT2D eigenvalue weighted by Gasteiger charge is 2.42. The molecule has 0 unspecified atom stereocenters. The average Bonchev–Trinajstić information content (AvgIpc) is 2.82. The first-order chi connectivity index (χ1) is 18.3. The van der Waals surface area contributed by atoms with Crippen molar-refractivity contribution >= 4 is 28.6 Å². The number of phenolic OH excluding ortho intramolecular Hbond substituents is 2. The minimum absolute atomic E-state index is 0.00373. The van der Waals surface area contributed by atoms with Crippen LogP contribution in [-0.2, 0) is 11.3 Å². The highest BCUT2D eigenvalue weighted by molar-refractivity contribution is 6.75. The van der Waals surface area contributed by atoms with E-state index in [0.29, 0.717) is 11.3 Å². The van der Waals surface area contributed by atoms with Crippen LogP contribution in [0.25, 0.3) is 6.08 Å². The summed E-state index contributed by atoms with van der Waals surface area (Å²) in [5, 5.41) is 31.3. The highest BCUT2D eigenvalue weighted by atomic mass is 28.4. The predicted molar refractivity (Wildman–Crippen MR) is 166 cm³/mol. The van der Waals surface area contributed by atoms with Crippen LogP contribution in [0.5, 0.6) is 23.0 Å². The van der Waals surface area contributed by atoms with Gasteiger partial charge in [0.1, 0.15) is 23.1 Å². The summed E-state index contributed by atoms with van der Waals surface area (Å²) >= 11 is 0. The van der Waals surface area contributed by atoms with Crippen molar-refractivity contribution in [3.8, 4) is 29.1 Å². The Bertz CT molecular complexity index is 1330. The molecule has 0 fully saturated rings. The van der Waals surface area contributed by atoms with E-state index in [1.807, 2.05) is 30.3 Å². The Hall–Kier alpha value is -3.49. The minimum Gasteiger partial charge on any atom is -0.541 e. The van der Waals surface area contributed by atoms with Crippen molar-refractivity contribution < 1.29 is 23.9 Å². The summed E-state index contributed by atoms with van der Waals surface area (Å²) < 4.78 is 13.4. The second-order valence-electron chi connectivity index (χ2n) is 13.0. The van der Waals surface area contributed by atoms with Crippen LogP contribution in [-0.4, -0.2) is 32.8 Å². The van der Waals surface area contributed by atoms with Gasteiger partial charge in [-0.25, -0.2) is 0 Å². The van der Waals surface area contributed by atoms with Crippen molar-refractivity contribution in [3.05, 3.63) is 65.3 Å². The maximum Gasteiger partial charge on any atom is 0.262 e. The SMILES string of the molecule is CC(C)(C)[Si](C)(C)Oc1ccc(C=CC=C(C#N)C(=O)NCc2ccc(O)c(O)c2)cc1O[Si](C)(C)C(C)(C)C. The van der Waals surface area contributed by atoms with Gasteiger partial charge in [-0.1, -0.05) is 65.8 Å². The van der Waals surface area contributed by atoms with Crippen molar-refractivity contribution in [3.63, 3.8) is 0 Å². The zero-order valence-electron chi connectivity index (χ0n) is 25.5. The molecule has 3 N–H and O–H groups in total. The van der Waals surface area contributed by atoms with E-state index in [-0.39, 0.29) is 33.7 Å². The van der Waals surface area contributed by atoms with Crippen LogP contribution in [0.2, 0.25) is 36.3 Å². The Labute approximate surface area is 241 Å². The van der Waals surface area contributed by atoms with Crippen LogP contribution in [0.4, 0.5) is 0 Å². The quantitative estimate of drug-likeness (QED) is 0.0923. The molecule has 0 saturated heterocycles. The highest BCUT2D eigenvalue weighted by Crippen LogP contribution is 2.43. The van der Waals surface area contributed by atoms with E-state index in [4.69, 9.17) is 8.85 Å². The van der Waals surface area contributed by atoms with Crippen LogP contribution in [0, 0.1) is 11.3 Å². The Morgan fingerprint density at radius 3 is 2.00 bits per heavy atom. The number of hydrogen-bond acceptors (Lipinski definition) is 6. The van der Waals surface area contributed by atoms with E-state index in [1.165, 1.54) is 18.2 Å². The molecule has 1 amide bonds. The van der Waals surface area contributed by atoms with Gasteiger partial charge in [-0.05, 0) is 77.7 Å². The Morgan fingerprint density at radius 1 is 0.900 bits per heavy atom. The number of carbonyl (C=O) groups is 1. The molecule has 0 saturated carbocycles. The van der Waals surface area contributed by atoms with Gasteiger partial charge in [0.2, 0.25) is 0 Å². The predicted octanol–water partition coefficient (Wildman–Crippen LogP) is 7.65. The van der Waals surface area contributed by atoms with Gasteiger partial charge < -0.3 is 24.4 Å². The molecule has 2 aromatic rings. The first-order valence-corrected chi connectivity index (χ1v) is 19.2. The normalized spacial score (nSPS) is 13.2. The van der Waals surface area contributed by atoms with Crippen molar-refractivity contribution in [1.29, 1.82) is 5.26 Å².